The molecule has 4 rings (SSSR count). The van der Waals surface area contributed by atoms with Gasteiger partial charge in [0, 0.05) is 38.7 Å². The number of aromatic amines is 1. The minimum atomic E-state index is -1.01. The predicted molar refractivity (Wildman–Crippen MR) is 85.8 cm³/mol. The predicted octanol–water partition coefficient (Wildman–Crippen LogP) is 1.43. The average Bonchev–Trinajstić information content (AvgIpc) is 3.25. The summed E-state index contributed by atoms with van der Waals surface area (Å²) in [6.45, 7) is 1.78. The van der Waals surface area contributed by atoms with Crippen molar-refractivity contribution in [1.29, 1.82) is 0 Å². The third kappa shape index (κ3) is 3.02. The van der Waals surface area contributed by atoms with Gasteiger partial charge in [-0.25, -0.2) is 19.3 Å². The number of pyridine rings is 1. The van der Waals surface area contributed by atoms with Crippen LogP contribution in [0.3, 0.4) is 0 Å². The Kier molecular flexibility index (Phi) is 3.99. The third-order valence-electron chi connectivity index (χ3n) is 4.30. The molecule has 0 aromatic carbocycles. The molecule has 0 radical (unpaired) electrons. The molecule has 0 bridgehead atoms. The second-order valence-electron chi connectivity index (χ2n) is 6.07. The molecule has 0 aliphatic carbocycles. The van der Waals surface area contributed by atoms with Crippen LogP contribution in [-0.4, -0.2) is 54.8 Å². The number of likely N-dealkylation sites (tertiary alicyclic amines) is 1. The lowest BCUT2D eigenvalue weighted by molar-refractivity contribution is 0.00856. The molecule has 2 atom stereocenters. The van der Waals surface area contributed by atoms with Gasteiger partial charge in [0.05, 0.1) is 12.1 Å². The first-order valence-electron chi connectivity index (χ1n) is 7.93. The summed E-state index contributed by atoms with van der Waals surface area (Å²) in [5, 5.41) is 0. The summed E-state index contributed by atoms with van der Waals surface area (Å²) >= 11 is 0. The van der Waals surface area contributed by atoms with Crippen LogP contribution in [0.2, 0.25) is 0 Å². The summed E-state index contributed by atoms with van der Waals surface area (Å²) in [6.07, 6.45) is 3.88. The fourth-order valence-electron chi connectivity index (χ4n) is 2.99. The van der Waals surface area contributed by atoms with E-state index < -0.39 is 12.3 Å². The van der Waals surface area contributed by atoms with Crippen LogP contribution in [0.5, 0.6) is 0 Å². The van der Waals surface area contributed by atoms with Crippen LogP contribution in [0.1, 0.15) is 11.6 Å². The highest BCUT2D eigenvalue weighted by molar-refractivity contribution is 5.69. The molecule has 126 valence electrons. The lowest BCUT2D eigenvalue weighted by atomic mass is 10.3. The second kappa shape index (κ2) is 6.29. The molecule has 1 fully saturated rings. The summed E-state index contributed by atoms with van der Waals surface area (Å²) in [6, 6.07) is 3.75. The Morgan fingerprint density at radius 2 is 2.25 bits per heavy atom. The Labute approximate surface area is 138 Å². The van der Waals surface area contributed by atoms with Crippen LogP contribution in [0, 0.1) is 0 Å². The zero-order valence-corrected chi connectivity index (χ0v) is 13.4. The normalized spacial score (nSPS) is 21.8. The highest BCUT2D eigenvalue weighted by atomic mass is 19.1. The Morgan fingerprint density at radius 3 is 3.04 bits per heavy atom. The van der Waals surface area contributed by atoms with E-state index in [4.69, 9.17) is 4.74 Å². The van der Waals surface area contributed by atoms with Crippen molar-refractivity contribution in [2.75, 3.05) is 13.1 Å². The summed E-state index contributed by atoms with van der Waals surface area (Å²) < 4.78 is 21.9. The van der Waals surface area contributed by atoms with Crippen LogP contribution >= 0.6 is 0 Å². The van der Waals surface area contributed by atoms with E-state index in [2.05, 4.69) is 19.9 Å². The molecular weight excluding hydrogens is 311 g/mol. The molecule has 4 heterocycles. The largest absolute Gasteiger partial charge is 0.366 e. The Balaban J connectivity index is 1.35. The molecular formula is C16H19FN6O. The first-order valence-corrected chi connectivity index (χ1v) is 7.93. The number of hydrogen-bond acceptors (Lipinski definition) is 5. The fourth-order valence-corrected chi connectivity index (χ4v) is 2.99. The number of nitrogens with zero attached hydrogens (tertiary/aromatic N) is 5. The molecule has 3 aromatic rings. The summed E-state index contributed by atoms with van der Waals surface area (Å²) in [4.78, 5) is 18.0. The molecule has 7 nitrogen and oxygen atoms in total. The topological polar surface area (TPSA) is 71.9 Å². The molecule has 8 heteroatoms. The minimum Gasteiger partial charge on any atom is -0.366 e. The van der Waals surface area contributed by atoms with Gasteiger partial charge in [-0.05, 0) is 12.1 Å². The SMILES string of the molecule is Cn1ccnc1CN1CC(F)C(OCc2nc3ncccc3[nH]2)C1. The quantitative estimate of drug-likeness (QED) is 0.766. The summed E-state index contributed by atoms with van der Waals surface area (Å²) in [7, 11) is 1.94. The molecule has 1 saturated heterocycles. The van der Waals surface area contributed by atoms with E-state index in [1.54, 1.807) is 12.4 Å². The number of fused-ring (bicyclic) bond motifs is 1. The number of H-pyrrole nitrogens is 1. The third-order valence-corrected chi connectivity index (χ3v) is 4.30. The van der Waals surface area contributed by atoms with Crippen molar-refractivity contribution < 1.29 is 9.13 Å². The Bertz CT molecular complexity index is 798. The van der Waals surface area contributed by atoms with Gasteiger partial charge >= 0.3 is 0 Å². The number of imidazole rings is 2. The lowest BCUT2D eigenvalue weighted by Crippen LogP contribution is -2.25. The molecule has 1 aliphatic heterocycles. The zero-order chi connectivity index (χ0) is 16.5. The Morgan fingerprint density at radius 1 is 1.33 bits per heavy atom. The average molecular weight is 330 g/mol. The maximum Gasteiger partial charge on any atom is 0.177 e. The van der Waals surface area contributed by atoms with Gasteiger partial charge in [-0.15, -0.1) is 0 Å². The second-order valence-corrected chi connectivity index (χ2v) is 6.07. The van der Waals surface area contributed by atoms with Gasteiger partial charge in [0.15, 0.2) is 5.65 Å². The maximum atomic E-state index is 14.2. The van der Waals surface area contributed by atoms with Gasteiger partial charge in [-0.3, -0.25) is 4.90 Å². The van der Waals surface area contributed by atoms with Crippen LogP contribution in [0.15, 0.2) is 30.7 Å². The molecule has 0 spiro atoms. The van der Waals surface area contributed by atoms with E-state index in [1.807, 2.05) is 34.8 Å². The van der Waals surface area contributed by atoms with E-state index in [0.29, 0.717) is 31.1 Å². The molecule has 3 aromatic heterocycles. The number of ether oxygens (including phenoxy) is 1. The molecule has 0 amide bonds. The minimum absolute atomic E-state index is 0.248. The molecule has 1 aliphatic rings. The molecule has 1 N–H and O–H groups in total. The van der Waals surface area contributed by atoms with Crippen molar-refractivity contribution in [2.45, 2.75) is 25.4 Å². The van der Waals surface area contributed by atoms with Crippen molar-refractivity contribution in [1.82, 2.24) is 29.4 Å². The van der Waals surface area contributed by atoms with E-state index >= 15 is 0 Å². The standard InChI is InChI=1S/C16H19FN6O/c1-22-6-5-18-15(22)9-23-7-11(17)13(8-23)24-10-14-20-12-3-2-4-19-16(12)21-14/h2-6,11,13H,7-10H2,1H3,(H,19,20,21). The van der Waals surface area contributed by atoms with Crippen molar-refractivity contribution >= 4 is 11.2 Å². The number of aromatic nitrogens is 5. The van der Waals surface area contributed by atoms with E-state index in [0.717, 1.165) is 11.3 Å². The van der Waals surface area contributed by atoms with Gasteiger partial charge in [0.1, 0.15) is 30.5 Å². The van der Waals surface area contributed by atoms with Crippen molar-refractivity contribution in [3.8, 4) is 0 Å². The first kappa shape index (κ1) is 15.2. The van der Waals surface area contributed by atoms with Crippen molar-refractivity contribution in [3.63, 3.8) is 0 Å². The fraction of sp³-hybridized carbons (Fsp3) is 0.438. The molecule has 24 heavy (non-hydrogen) atoms. The van der Waals surface area contributed by atoms with Crippen molar-refractivity contribution in [2.24, 2.45) is 7.05 Å². The van der Waals surface area contributed by atoms with Crippen molar-refractivity contribution in [3.05, 3.63) is 42.4 Å². The lowest BCUT2D eigenvalue weighted by Gasteiger charge is -2.15. The highest BCUT2D eigenvalue weighted by Crippen LogP contribution is 2.20. The zero-order valence-electron chi connectivity index (χ0n) is 13.4. The smallest absolute Gasteiger partial charge is 0.177 e. The van der Waals surface area contributed by atoms with Crippen LogP contribution in [-0.2, 0) is 24.9 Å². The first-order chi connectivity index (χ1) is 11.7. The number of halogens is 1. The van der Waals surface area contributed by atoms with Gasteiger partial charge < -0.3 is 14.3 Å². The van der Waals surface area contributed by atoms with Crippen LogP contribution in [0.4, 0.5) is 4.39 Å². The van der Waals surface area contributed by atoms with Crippen LogP contribution in [0.25, 0.3) is 11.2 Å². The van der Waals surface area contributed by atoms with Gasteiger partial charge in [0.2, 0.25) is 0 Å². The summed E-state index contributed by atoms with van der Waals surface area (Å²) in [5.41, 5.74) is 1.51. The maximum absolute atomic E-state index is 14.2. The molecule has 2 unspecified atom stereocenters. The van der Waals surface area contributed by atoms with E-state index in [-0.39, 0.29) is 6.61 Å². The van der Waals surface area contributed by atoms with Crippen LogP contribution < -0.4 is 0 Å². The number of hydrogen-bond donors (Lipinski definition) is 1. The van der Waals surface area contributed by atoms with E-state index in [9.17, 15) is 4.39 Å². The van der Waals surface area contributed by atoms with Gasteiger partial charge in [0.25, 0.3) is 0 Å². The van der Waals surface area contributed by atoms with E-state index in [1.165, 1.54) is 0 Å². The number of nitrogens with one attached hydrogen (secondary N) is 1. The monoisotopic (exact) mass is 330 g/mol. The Hall–Kier alpha value is -2.32. The summed E-state index contributed by atoms with van der Waals surface area (Å²) in [5.74, 6) is 1.59. The molecule has 0 saturated carbocycles. The van der Waals surface area contributed by atoms with Gasteiger partial charge in [-0.2, -0.15) is 0 Å². The number of rotatable bonds is 5. The van der Waals surface area contributed by atoms with Gasteiger partial charge in [-0.1, -0.05) is 0 Å². The number of alkyl halides is 1. The number of aryl methyl sites for hydroxylation is 1. The highest BCUT2D eigenvalue weighted by Gasteiger charge is 2.34.